The zero-order valence-electron chi connectivity index (χ0n) is 32.9. The van der Waals surface area contributed by atoms with E-state index in [0.717, 1.165) is 89.9 Å². The van der Waals surface area contributed by atoms with E-state index in [1.807, 2.05) is 118 Å². The molecule has 2 aromatic heterocycles. The number of benzene rings is 9. The van der Waals surface area contributed by atoms with E-state index in [0.29, 0.717) is 11.4 Å². The average Bonchev–Trinajstić information content (AvgIpc) is 3.82. The van der Waals surface area contributed by atoms with Crippen molar-refractivity contribution in [2.24, 2.45) is 0 Å². The summed E-state index contributed by atoms with van der Waals surface area (Å²) in [5.41, 5.74) is 10.1. The van der Waals surface area contributed by atoms with Crippen molar-refractivity contribution in [1.29, 1.82) is 0 Å². The molecule has 0 unspecified atom stereocenters. The number of aromatic nitrogens is 2. The Morgan fingerprint density at radius 2 is 0.597 bits per heavy atom. The molecule has 11 aromatic rings. The maximum atomic E-state index is 14.7. The van der Waals surface area contributed by atoms with Gasteiger partial charge < -0.3 is 18.9 Å². The highest BCUT2D eigenvalue weighted by Gasteiger charge is 2.21. The zero-order valence-corrected chi connectivity index (χ0v) is 32.9. The Hall–Kier alpha value is -8.10. The lowest BCUT2D eigenvalue weighted by molar-refractivity contribution is 0.508. The molecule has 11 rings (SSSR count). The van der Waals surface area contributed by atoms with Gasteiger partial charge in [0.15, 0.2) is 23.3 Å². The summed E-state index contributed by atoms with van der Waals surface area (Å²) < 4.78 is 61.6. The summed E-state index contributed by atoms with van der Waals surface area (Å²) in [5.74, 6) is -3.64. The predicted octanol–water partition coefficient (Wildman–Crippen LogP) is 15.4. The lowest BCUT2D eigenvalue weighted by Gasteiger charge is -2.28. The summed E-state index contributed by atoms with van der Waals surface area (Å²) in [6, 6.07) is 65.1. The maximum absolute atomic E-state index is 14.7. The smallest absolute Gasteiger partial charge is 0.160 e. The second kappa shape index (κ2) is 14.9. The van der Waals surface area contributed by atoms with Gasteiger partial charge >= 0.3 is 0 Å². The van der Waals surface area contributed by atoms with Crippen LogP contribution in [0.25, 0.3) is 55.0 Å². The molecule has 0 N–H and O–H groups in total. The highest BCUT2D eigenvalue weighted by molar-refractivity contribution is 6.12. The van der Waals surface area contributed by atoms with Gasteiger partial charge in [-0.25, -0.2) is 17.6 Å². The molecule has 0 bridgehead atoms. The van der Waals surface area contributed by atoms with Crippen molar-refractivity contribution in [2.45, 2.75) is 0 Å². The van der Waals surface area contributed by atoms with Gasteiger partial charge in [0.1, 0.15) is 0 Å². The van der Waals surface area contributed by atoms with Crippen LogP contribution in [0.4, 0.5) is 51.7 Å². The van der Waals surface area contributed by atoms with Gasteiger partial charge in [-0.1, -0.05) is 72.8 Å². The normalized spacial score (nSPS) is 11.5. The maximum Gasteiger partial charge on any atom is 0.160 e. The summed E-state index contributed by atoms with van der Waals surface area (Å²) in [6.45, 7) is 0. The molecule has 298 valence electrons. The van der Waals surface area contributed by atoms with E-state index in [2.05, 4.69) is 70.5 Å². The van der Waals surface area contributed by atoms with Crippen LogP contribution in [-0.2, 0) is 0 Å². The molecule has 0 radical (unpaired) electrons. The van der Waals surface area contributed by atoms with Crippen molar-refractivity contribution in [3.05, 3.63) is 230 Å². The first-order valence-electron chi connectivity index (χ1n) is 20.2. The number of anilines is 6. The topological polar surface area (TPSA) is 16.3 Å². The third-order valence-electron chi connectivity index (χ3n) is 11.5. The largest absolute Gasteiger partial charge is 0.311 e. The summed E-state index contributed by atoms with van der Waals surface area (Å²) in [5, 5.41) is 3.77. The van der Waals surface area contributed by atoms with Gasteiger partial charge in [0, 0.05) is 79.2 Å². The Balaban J connectivity index is 1.12. The Morgan fingerprint density at radius 3 is 1.02 bits per heavy atom. The van der Waals surface area contributed by atoms with E-state index in [-0.39, 0.29) is 0 Å². The van der Waals surface area contributed by atoms with E-state index in [1.165, 1.54) is 12.1 Å². The van der Waals surface area contributed by atoms with Crippen LogP contribution in [0.2, 0.25) is 0 Å². The highest BCUT2D eigenvalue weighted by atomic mass is 19.2. The Morgan fingerprint density at radius 1 is 0.258 bits per heavy atom. The van der Waals surface area contributed by atoms with E-state index in [1.54, 1.807) is 12.1 Å². The van der Waals surface area contributed by atoms with E-state index >= 15 is 0 Å². The van der Waals surface area contributed by atoms with Crippen molar-refractivity contribution in [3.63, 3.8) is 0 Å². The van der Waals surface area contributed by atoms with Crippen molar-refractivity contribution >= 4 is 77.7 Å². The van der Waals surface area contributed by atoms with Crippen LogP contribution >= 0.6 is 0 Å². The molecule has 0 amide bonds. The molecule has 8 heteroatoms. The van der Waals surface area contributed by atoms with Gasteiger partial charge in [-0.2, -0.15) is 0 Å². The molecule has 2 heterocycles. The van der Waals surface area contributed by atoms with Crippen LogP contribution in [0.5, 0.6) is 0 Å². The van der Waals surface area contributed by atoms with Crippen molar-refractivity contribution in [2.75, 3.05) is 9.80 Å². The highest BCUT2D eigenvalue weighted by Crippen LogP contribution is 2.44. The average molecular weight is 815 g/mol. The third kappa shape index (κ3) is 6.15. The van der Waals surface area contributed by atoms with Crippen LogP contribution < -0.4 is 9.80 Å². The molecule has 0 spiro atoms. The van der Waals surface area contributed by atoms with Crippen LogP contribution in [0.3, 0.4) is 0 Å². The monoisotopic (exact) mass is 814 g/mol. The Kier molecular flexibility index (Phi) is 8.86. The fourth-order valence-electron chi connectivity index (χ4n) is 8.80. The first-order valence-corrected chi connectivity index (χ1v) is 20.2. The Labute approximate surface area is 354 Å². The number of rotatable bonds is 8. The molecule has 0 atom stereocenters. The quantitative estimate of drug-likeness (QED) is 0.142. The lowest BCUT2D eigenvalue weighted by atomic mass is 10.1. The third-order valence-corrected chi connectivity index (χ3v) is 11.5. The SMILES string of the molecule is Fc1ccc(-n2c3ccccc3c3cc(N(c4ccc(N(c5ccccc5)c5ccccc5)cc4)c4ccc5c(c4)c4ccccc4n5-c4ccc(F)c(F)c4)ccc32)cc1F. The number of hydrogen-bond donors (Lipinski definition) is 0. The van der Waals surface area contributed by atoms with E-state index in [4.69, 9.17) is 0 Å². The molecule has 0 aliphatic rings. The second-order valence-corrected chi connectivity index (χ2v) is 15.2. The minimum atomic E-state index is -0.918. The molecule has 9 aromatic carbocycles. The molecule has 4 nitrogen and oxygen atoms in total. The van der Waals surface area contributed by atoms with Crippen LogP contribution in [-0.4, -0.2) is 9.13 Å². The summed E-state index contributed by atoms with van der Waals surface area (Å²) in [6.07, 6.45) is 0. The van der Waals surface area contributed by atoms with Crippen LogP contribution in [0.1, 0.15) is 0 Å². The molecule has 0 fully saturated rings. The number of hydrogen-bond acceptors (Lipinski definition) is 2. The predicted molar refractivity (Wildman–Crippen MR) is 244 cm³/mol. The van der Waals surface area contributed by atoms with Crippen molar-refractivity contribution in [1.82, 2.24) is 9.13 Å². The molecule has 0 saturated heterocycles. The van der Waals surface area contributed by atoms with Crippen LogP contribution in [0.15, 0.2) is 206 Å². The zero-order chi connectivity index (χ0) is 41.9. The second-order valence-electron chi connectivity index (χ2n) is 15.2. The molecular weight excluding hydrogens is 781 g/mol. The summed E-state index contributed by atoms with van der Waals surface area (Å²) in [7, 11) is 0. The van der Waals surface area contributed by atoms with Crippen LogP contribution in [0, 0.1) is 23.3 Å². The van der Waals surface area contributed by atoms with Gasteiger partial charge in [-0.15, -0.1) is 0 Å². The number of para-hydroxylation sites is 4. The molecular formula is C54H34F4N4. The van der Waals surface area contributed by atoms with Gasteiger partial charge in [-0.3, -0.25) is 0 Å². The van der Waals surface area contributed by atoms with Gasteiger partial charge in [-0.05, 0) is 121 Å². The number of fused-ring (bicyclic) bond motifs is 6. The van der Waals surface area contributed by atoms with Gasteiger partial charge in [0.05, 0.1) is 22.1 Å². The van der Waals surface area contributed by atoms with Crippen molar-refractivity contribution in [3.8, 4) is 11.4 Å². The minimum absolute atomic E-state index is 0.513. The van der Waals surface area contributed by atoms with E-state index in [9.17, 15) is 17.6 Å². The standard InChI is InChI=1S/C54H34F4N4/c55-47-27-23-41(33-49(47)57)61-51-17-9-7-15-43(51)45-31-39(25-29-53(45)61)60(38-21-19-37(20-22-38)59(35-11-3-1-4-12-35)36-13-5-2-6-14-36)40-26-30-54-46(32-40)44-16-8-10-18-52(44)62(54)42-24-28-48(56)50(58)34-42/h1-34H. The molecule has 62 heavy (non-hydrogen) atoms. The van der Waals surface area contributed by atoms with Gasteiger partial charge in [0.25, 0.3) is 0 Å². The molecule has 0 aliphatic carbocycles. The minimum Gasteiger partial charge on any atom is -0.311 e. The fourth-order valence-corrected chi connectivity index (χ4v) is 8.80. The number of nitrogens with zero attached hydrogens (tertiary/aromatic N) is 4. The number of halogens is 4. The summed E-state index contributed by atoms with van der Waals surface area (Å²) >= 11 is 0. The molecule has 0 saturated carbocycles. The first kappa shape index (κ1) is 36.9. The van der Waals surface area contributed by atoms with Crippen molar-refractivity contribution < 1.29 is 17.6 Å². The van der Waals surface area contributed by atoms with Gasteiger partial charge in [0.2, 0.25) is 0 Å². The first-order chi connectivity index (χ1) is 30.4. The molecule has 0 aliphatic heterocycles. The summed E-state index contributed by atoms with van der Waals surface area (Å²) in [4.78, 5) is 4.41. The fraction of sp³-hybridized carbons (Fsp3) is 0. The van der Waals surface area contributed by atoms with E-state index < -0.39 is 23.3 Å². The lowest BCUT2D eigenvalue weighted by Crippen LogP contribution is -2.12. The Bertz CT molecular complexity index is 3260.